The number of anilines is 1. The lowest BCUT2D eigenvalue weighted by Gasteiger charge is -2.14. The highest BCUT2D eigenvalue weighted by molar-refractivity contribution is 7.98. The highest BCUT2D eigenvalue weighted by Crippen LogP contribution is 2.28. The molecule has 0 bridgehead atoms. The third-order valence-corrected chi connectivity index (χ3v) is 4.81. The Hall–Kier alpha value is -2.88. The fraction of sp³-hybridized carbons (Fsp3) is 0.353. The lowest BCUT2D eigenvalue weighted by molar-refractivity contribution is -0.387. The van der Waals surface area contributed by atoms with E-state index in [1.165, 1.54) is 30.8 Å². The Labute approximate surface area is 160 Å². The van der Waals surface area contributed by atoms with Crippen LogP contribution in [0.5, 0.6) is 0 Å². The van der Waals surface area contributed by atoms with Gasteiger partial charge in [-0.05, 0) is 39.2 Å². The van der Waals surface area contributed by atoms with E-state index in [1.54, 1.807) is 31.8 Å². The van der Waals surface area contributed by atoms with E-state index >= 15 is 0 Å². The minimum Gasteiger partial charge on any atom is -0.449 e. The van der Waals surface area contributed by atoms with Gasteiger partial charge in [-0.1, -0.05) is 0 Å². The van der Waals surface area contributed by atoms with Gasteiger partial charge in [0.15, 0.2) is 6.10 Å². The Kier molecular flexibility index (Phi) is 6.21. The molecule has 0 aliphatic heterocycles. The zero-order valence-corrected chi connectivity index (χ0v) is 16.4. The predicted molar refractivity (Wildman–Crippen MR) is 101 cm³/mol. The van der Waals surface area contributed by atoms with Gasteiger partial charge in [-0.15, -0.1) is 11.8 Å². The third-order valence-electron chi connectivity index (χ3n) is 4.02. The van der Waals surface area contributed by atoms with Crippen LogP contribution in [0.4, 0.5) is 11.4 Å². The minimum atomic E-state index is -1.09. The summed E-state index contributed by atoms with van der Waals surface area (Å²) in [6.07, 6.45) is 0.616. The highest BCUT2D eigenvalue weighted by atomic mass is 32.2. The molecule has 27 heavy (non-hydrogen) atoms. The molecule has 0 fully saturated rings. The van der Waals surface area contributed by atoms with Crippen molar-refractivity contribution in [3.8, 4) is 0 Å². The van der Waals surface area contributed by atoms with E-state index < -0.39 is 22.9 Å². The van der Waals surface area contributed by atoms with Crippen molar-refractivity contribution in [3.63, 3.8) is 0 Å². The topological polar surface area (TPSA) is 116 Å². The molecule has 0 saturated heterocycles. The second kappa shape index (κ2) is 8.21. The van der Waals surface area contributed by atoms with Gasteiger partial charge in [0.05, 0.1) is 32.5 Å². The van der Waals surface area contributed by atoms with E-state index in [9.17, 15) is 19.7 Å². The molecule has 0 saturated carbocycles. The normalized spacial score (nSPS) is 11.7. The smallest absolute Gasteiger partial charge is 0.339 e. The molecule has 1 atom stereocenters. The van der Waals surface area contributed by atoms with E-state index in [0.717, 1.165) is 11.8 Å². The number of carbonyl (C=O) groups excluding carboxylic acids is 2. The van der Waals surface area contributed by atoms with E-state index in [1.807, 2.05) is 0 Å². The number of hydrogen-bond acceptors (Lipinski definition) is 7. The molecule has 10 heteroatoms. The number of hydrogen-bond donors (Lipinski definition) is 1. The Morgan fingerprint density at radius 3 is 2.56 bits per heavy atom. The zero-order valence-electron chi connectivity index (χ0n) is 15.6. The van der Waals surface area contributed by atoms with Crippen LogP contribution in [0.2, 0.25) is 0 Å². The number of nitro benzene ring substituents is 1. The van der Waals surface area contributed by atoms with Crippen molar-refractivity contribution in [3.05, 3.63) is 45.3 Å². The van der Waals surface area contributed by atoms with Crippen LogP contribution in [-0.4, -0.2) is 38.9 Å². The maximum atomic E-state index is 12.3. The maximum absolute atomic E-state index is 12.3. The summed E-state index contributed by atoms with van der Waals surface area (Å²) in [5, 5.41) is 18.0. The molecule has 9 nitrogen and oxygen atoms in total. The molecule has 0 radical (unpaired) electrons. The average molecular weight is 392 g/mol. The summed E-state index contributed by atoms with van der Waals surface area (Å²) < 4.78 is 6.79. The van der Waals surface area contributed by atoms with Crippen LogP contribution < -0.4 is 5.32 Å². The largest absolute Gasteiger partial charge is 0.449 e. The van der Waals surface area contributed by atoms with E-state index in [2.05, 4.69) is 10.4 Å². The van der Waals surface area contributed by atoms with Gasteiger partial charge in [-0.3, -0.25) is 19.6 Å². The maximum Gasteiger partial charge on any atom is 0.339 e. The second-order valence-electron chi connectivity index (χ2n) is 5.85. The average Bonchev–Trinajstić information content (AvgIpc) is 2.86. The first kappa shape index (κ1) is 20.4. The Morgan fingerprint density at radius 1 is 1.37 bits per heavy atom. The fourth-order valence-corrected chi connectivity index (χ4v) is 2.97. The van der Waals surface area contributed by atoms with Crippen molar-refractivity contribution >= 4 is 35.0 Å². The summed E-state index contributed by atoms with van der Waals surface area (Å²) in [7, 11) is 1.76. The summed E-state index contributed by atoms with van der Waals surface area (Å²) >= 11 is 1.20. The van der Waals surface area contributed by atoms with Crippen LogP contribution in [0.25, 0.3) is 0 Å². The van der Waals surface area contributed by atoms with Crippen LogP contribution in [-0.2, 0) is 16.6 Å². The van der Waals surface area contributed by atoms with Gasteiger partial charge >= 0.3 is 5.97 Å². The monoisotopic (exact) mass is 392 g/mol. The van der Waals surface area contributed by atoms with Gasteiger partial charge in [0.25, 0.3) is 11.6 Å². The van der Waals surface area contributed by atoms with Crippen LogP contribution in [0, 0.1) is 24.0 Å². The highest BCUT2D eigenvalue weighted by Gasteiger charge is 2.23. The van der Waals surface area contributed by atoms with Crippen molar-refractivity contribution in [2.24, 2.45) is 7.05 Å². The van der Waals surface area contributed by atoms with E-state index in [-0.39, 0.29) is 11.3 Å². The molecule has 1 N–H and O–H groups in total. The number of nitrogens with zero attached hydrogens (tertiary/aromatic N) is 3. The summed E-state index contributed by atoms with van der Waals surface area (Å²) in [5.74, 6) is -1.33. The molecule has 0 spiro atoms. The molecular weight excluding hydrogens is 372 g/mol. The number of thioether (sulfide) groups is 1. The van der Waals surface area contributed by atoms with E-state index in [0.29, 0.717) is 16.3 Å². The minimum absolute atomic E-state index is 0.00730. The number of ether oxygens (including phenoxy) is 1. The molecule has 0 aliphatic carbocycles. The molecule has 1 heterocycles. The van der Waals surface area contributed by atoms with Crippen molar-refractivity contribution < 1.29 is 19.2 Å². The van der Waals surface area contributed by atoms with Gasteiger partial charge < -0.3 is 10.1 Å². The zero-order chi connectivity index (χ0) is 20.3. The predicted octanol–water partition coefficient (Wildman–Crippen LogP) is 2.85. The second-order valence-corrected chi connectivity index (χ2v) is 6.70. The Bertz CT molecular complexity index is 909. The first-order chi connectivity index (χ1) is 12.6. The first-order valence-corrected chi connectivity index (χ1v) is 9.22. The van der Waals surface area contributed by atoms with Crippen LogP contribution in [0.3, 0.4) is 0 Å². The molecule has 0 unspecified atom stereocenters. The number of nitro groups is 1. The molecule has 1 aromatic heterocycles. The van der Waals surface area contributed by atoms with Gasteiger partial charge in [0.1, 0.15) is 0 Å². The van der Waals surface area contributed by atoms with Crippen molar-refractivity contribution in [1.82, 2.24) is 9.78 Å². The number of amides is 1. The third kappa shape index (κ3) is 4.45. The Morgan fingerprint density at radius 2 is 2.04 bits per heavy atom. The lowest BCUT2D eigenvalue weighted by Crippen LogP contribution is -2.30. The lowest BCUT2D eigenvalue weighted by atomic mass is 10.2. The SMILES string of the molecule is CSc1ccc(C(=O)O[C@@H](C)C(=O)Nc2c(C)nn(C)c2C)cc1[N+](=O)[O-]. The van der Waals surface area contributed by atoms with Crippen molar-refractivity contribution in [2.75, 3.05) is 11.6 Å². The number of nitrogens with one attached hydrogen (secondary N) is 1. The van der Waals surface area contributed by atoms with E-state index in [4.69, 9.17) is 4.74 Å². The Balaban J connectivity index is 2.12. The summed E-state index contributed by atoms with van der Waals surface area (Å²) in [6.45, 7) is 4.99. The van der Waals surface area contributed by atoms with Crippen LogP contribution in [0.15, 0.2) is 23.1 Å². The standard InChI is InChI=1S/C17H20N4O5S/c1-9-15(10(2)20(4)19-9)18-16(22)11(3)26-17(23)12-6-7-14(27-5)13(8-12)21(24)25/h6-8,11H,1-5H3,(H,18,22)/t11-/m0/s1. The molecular formula is C17H20N4O5S. The van der Waals surface area contributed by atoms with Gasteiger partial charge in [0, 0.05) is 13.1 Å². The number of carbonyl (C=O) groups is 2. The fourth-order valence-electron chi connectivity index (χ4n) is 2.42. The molecule has 2 aromatic rings. The molecule has 0 aliphatic rings. The number of esters is 1. The van der Waals surface area contributed by atoms with Gasteiger partial charge in [-0.25, -0.2) is 4.79 Å². The molecule has 1 aromatic carbocycles. The quantitative estimate of drug-likeness (QED) is 0.348. The number of rotatable bonds is 6. The molecule has 1 amide bonds. The van der Waals surface area contributed by atoms with Crippen LogP contribution >= 0.6 is 11.8 Å². The van der Waals surface area contributed by atoms with Crippen LogP contribution in [0.1, 0.15) is 28.7 Å². The summed E-state index contributed by atoms with van der Waals surface area (Å²) in [5.41, 5.74) is 1.79. The van der Waals surface area contributed by atoms with Gasteiger partial charge in [-0.2, -0.15) is 5.10 Å². The number of aromatic nitrogens is 2. The molecule has 2 rings (SSSR count). The van der Waals surface area contributed by atoms with Gasteiger partial charge in [0.2, 0.25) is 0 Å². The van der Waals surface area contributed by atoms with Crippen molar-refractivity contribution in [2.45, 2.75) is 31.8 Å². The number of benzene rings is 1. The summed E-state index contributed by atoms with van der Waals surface area (Å²) in [4.78, 5) is 35.6. The molecule has 144 valence electrons. The van der Waals surface area contributed by atoms with Crippen molar-refractivity contribution in [1.29, 1.82) is 0 Å². The summed E-state index contributed by atoms with van der Waals surface area (Å²) in [6, 6.07) is 4.06. The number of aryl methyl sites for hydroxylation is 2. The first-order valence-electron chi connectivity index (χ1n) is 8.00.